The standard InChI is InChI=1S/C15H12O2/c1-10-9-14(17-15(10)16)13-8-4-6-11-5-2-3-7-12(11)13/h2-8,14H,1,9H2/t14-/m0/s1. The minimum Gasteiger partial charge on any atom is -0.454 e. The highest BCUT2D eigenvalue weighted by molar-refractivity contribution is 5.92. The highest BCUT2D eigenvalue weighted by Gasteiger charge is 2.29. The van der Waals surface area contributed by atoms with Gasteiger partial charge < -0.3 is 4.74 Å². The van der Waals surface area contributed by atoms with Crippen molar-refractivity contribution in [1.82, 2.24) is 0 Å². The monoisotopic (exact) mass is 224 g/mol. The van der Waals surface area contributed by atoms with Crippen molar-refractivity contribution in [3.8, 4) is 0 Å². The van der Waals surface area contributed by atoms with Gasteiger partial charge in [-0.25, -0.2) is 4.79 Å². The van der Waals surface area contributed by atoms with Gasteiger partial charge in [0.05, 0.1) is 0 Å². The van der Waals surface area contributed by atoms with Crippen molar-refractivity contribution in [2.24, 2.45) is 0 Å². The molecule has 1 heterocycles. The predicted octanol–water partition coefficient (Wildman–Crippen LogP) is 3.38. The molecule has 0 spiro atoms. The average Bonchev–Trinajstić information content (AvgIpc) is 2.69. The Morgan fingerprint density at radius 1 is 1.12 bits per heavy atom. The van der Waals surface area contributed by atoms with Crippen LogP contribution in [-0.4, -0.2) is 5.97 Å². The maximum atomic E-state index is 11.4. The van der Waals surface area contributed by atoms with Crippen molar-refractivity contribution < 1.29 is 9.53 Å². The number of hydrogen-bond acceptors (Lipinski definition) is 2. The van der Waals surface area contributed by atoms with Gasteiger partial charge >= 0.3 is 5.97 Å². The first-order chi connectivity index (χ1) is 8.25. The Bertz CT molecular complexity index is 592. The summed E-state index contributed by atoms with van der Waals surface area (Å²) in [4.78, 5) is 11.4. The van der Waals surface area contributed by atoms with Gasteiger partial charge in [0, 0.05) is 17.6 Å². The zero-order valence-electron chi connectivity index (χ0n) is 9.35. The molecule has 1 aliphatic heterocycles. The van der Waals surface area contributed by atoms with Crippen LogP contribution >= 0.6 is 0 Å². The molecule has 0 bridgehead atoms. The second-order valence-electron chi connectivity index (χ2n) is 4.27. The van der Waals surface area contributed by atoms with Crippen LogP contribution in [0.4, 0.5) is 0 Å². The first kappa shape index (κ1) is 10.1. The normalized spacial score (nSPS) is 19.6. The lowest BCUT2D eigenvalue weighted by Gasteiger charge is -2.12. The Kier molecular flexibility index (Phi) is 2.22. The number of benzene rings is 2. The van der Waals surface area contributed by atoms with Gasteiger partial charge in [0.1, 0.15) is 6.10 Å². The van der Waals surface area contributed by atoms with E-state index in [1.807, 2.05) is 24.3 Å². The van der Waals surface area contributed by atoms with Crippen LogP contribution in [0.2, 0.25) is 0 Å². The van der Waals surface area contributed by atoms with Crippen molar-refractivity contribution in [3.05, 3.63) is 60.2 Å². The van der Waals surface area contributed by atoms with E-state index in [9.17, 15) is 4.79 Å². The fourth-order valence-electron chi connectivity index (χ4n) is 2.27. The summed E-state index contributed by atoms with van der Waals surface area (Å²) in [6.45, 7) is 3.72. The van der Waals surface area contributed by atoms with Gasteiger partial charge in [0.2, 0.25) is 0 Å². The summed E-state index contributed by atoms with van der Waals surface area (Å²) in [5, 5.41) is 2.31. The molecule has 2 aromatic carbocycles. The number of carbonyl (C=O) groups excluding carboxylic acids is 1. The van der Waals surface area contributed by atoms with E-state index >= 15 is 0 Å². The van der Waals surface area contributed by atoms with Crippen LogP contribution in [0.3, 0.4) is 0 Å². The summed E-state index contributed by atoms with van der Waals surface area (Å²) < 4.78 is 5.33. The Morgan fingerprint density at radius 3 is 2.65 bits per heavy atom. The molecule has 1 atom stereocenters. The molecule has 17 heavy (non-hydrogen) atoms. The number of rotatable bonds is 1. The molecule has 2 heteroatoms. The van der Waals surface area contributed by atoms with Gasteiger partial charge in [-0.15, -0.1) is 0 Å². The minimum absolute atomic E-state index is 0.180. The highest BCUT2D eigenvalue weighted by atomic mass is 16.5. The molecule has 1 aliphatic rings. The summed E-state index contributed by atoms with van der Waals surface area (Å²) in [6, 6.07) is 14.2. The quantitative estimate of drug-likeness (QED) is 0.548. The SMILES string of the molecule is C=C1C[C@@H](c2cccc3ccccc23)OC1=O. The Labute approximate surface area is 99.5 Å². The average molecular weight is 224 g/mol. The van der Waals surface area contributed by atoms with Gasteiger partial charge in [0.15, 0.2) is 0 Å². The molecule has 1 saturated heterocycles. The van der Waals surface area contributed by atoms with E-state index in [4.69, 9.17) is 4.74 Å². The number of fused-ring (bicyclic) bond motifs is 1. The molecular weight excluding hydrogens is 212 g/mol. The van der Waals surface area contributed by atoms with Crippen LogP contribution in [0.1, 0.15) is 18.1 Å². The van der Waals surface area contributed by atoms with E-state index in [0.717, 1.165) is 10.9 Å². The Morgan fingerprint density at radius 2 is 1.88 bits per heavy atom. The third-order valence-corrected chi connectivity index (χ3v) is 3.14. The molecule has 0 aliphatic carbocycles. The Balaban J connectivity index is 2.12. The fraction of sp³-hybridized carbons (Fsp3) is 0.133. The van der Waals surface area contributed by atoms with Crippen molar-refractivity contribution in [2.45, 2.75) is 12.5 Å². The minimum atomic E-state index is -0.275. The first-order valence-corrected chi connectivity index (χ1v) is 5.62. The topological polar surface area (TPSA) is 26.3 Å². The molecule has 1 fully saturated rings. The summed E-state index contributed by atoms with van der Waals surface area (Å²) in [7, 11) is 0. The van der Waals surface area contributed by atoms with E-state index in [0.29, 0.717) is 12.0 Å². The number of cyclic esters (lactones) is 1. The molecule has 0 N–H and O–H groups in total. The van der Waals surface area contributed by atoms with Crippen molar-refractivity contribution in [2.75, 3.05) is 0 Å². The maximum absolute atomic E-state index is 11.4. The second-order valence-corrected chi connectivity index (χ2v) is 4.27. The fourth-order valence-corrected chi connectivity index (χ4v) is 2.27. The van der Waals surface area contributed by atoms with E-state index in [1.54, 1.807) is 0 Å². The lowest BCUT2D eigenvalue weighted by molar-refractivity contribution is -0.139. The zero-order chi connectivity index (χ0) is 11.8. The Hall–Kier alpha value is -2.09. The van der Waals surface area contributed by atoms with Crippen molar-refractivity contribution in [3.63, 3.8) is 0 Å². The molecule has 0 aromatic heterocycles. The number of esters is 1. The van der Waals surface area contributed by atoms with Gasteiger partial charge in [-0.1, -0.05) is 49.0 Å². The smallest absolute Gasteiger partial charge is 0.334 e. The predicted molar refractivity (Wildman–Crippen MR) is 66.5 cm³/mol. The number of ether oxygens (including phenoxy) is 1. The zero-order valence-corrected chi connectivity index (χ0v) is 9.35. The molecule has 0 radical (unpaired) electrons. The van der Waals surface area contributed by atoms with Gasteiger partial charge in [-0.2, -0.15) is 0 Å². The van der Waals surface area contributed by atoms with Crippen LogP contribution in [0.5, 0.6) is 0 Å². The maximum Gasteiger partial charge on any atom is 0.334 e. The van der Waals surface area contributed by atoms with Crippen LogP contribution in [0.15, 0.2) is 54.6 Å². The molecule has 0 saturated carbocycles. The highest BCUT2D eigenvalue weighted by Crippen LogP contribution is 2.35. The largest absolute Gasteiger partial charge is 0.454 e. The van der Waals surface area contributed by atoms with E-state index in [1.165, 1.54) is 5.39 Å². The second kappa shape index (κ2) is 3.74. The van der Waals surface area contributed by atoms with Crippen LogP contribution in [-0.2, 0) is 9.53 Å². The van der Waals surface area contributed by atoms with Crippen LogP contribution in [0, 0.1) is 0 Å². The summed E-state index contributed by atoms with van der Waals surface area (Å²) in [6.07, 6.45) is 0.411. The van der Waals surface area contributed by atoms with Gasteiger partial charge in [-0.05, 0) is 10.8 Å². The van der Waals surface area contributed by atoms with E-state index < -0.39 is 0 Å². The van der Waals surface area contributed by atoms with E-state index in [2.05, 4.69) is 24.8 Å². The van der Waals surface area contributed by atoms with E-state index in [-0.39, 0.29) is 12.1 Å². The number of hydrogen-bond donors (Lipinski definition) is 0. The summed E-state index contributed by atoms with van der Waals surface area (Å²) >= 11 is 0. The molecule has 84 valence electrons. The molecule has 3 rings (SSSR count). The first-order valence-electron chi connectivity index (χ1n) is 5.62. The number of carbonyl (C=O) groups is 1. The molecular formula is C15H12O2. The van der Waals surface area contributed by atoms with Crippen molar-refractivity contribution in [1.29, 1.82) is 0 Å². The van der Waals surface area contributed by atoms with Gasteiger partial charge in [0.25, 0.3) is 0 Å². The van der Waals surface area contributed by atoms with Crippen LogP contribution in [0.25, 0.3) is 10.8 Å². The lowest BCUT2D eigenvalue weighted by atomic mass is 9.98. The molecule has 2 nitrogen and oxygen atoms in total. The third kappa shape index (κ3) is 1.62. The molecule has 0 unspecified atom stereocenters. The van der Waals surface area contributed by atoms with Crippen LogP contribution < -0.4 is 0 Å². The summed E-state index contributed by atoms with van der Waals surface area (Å²) in [5.74, 6) is -0.275. The van der Waals surface area contributed by atoms with Gasteiger partial charge in [-0.3, -0.25) is 0 Å². The molecule has 0 amide bonds. The summed E-state index contributed by atoms with van der Waals surface area (Å²) in [5.41, 5.74) is 1.62. The lowest BCUT2D eigenvalue weighted by Crippen LogP contribution is -1.99. The molecule has 2 aromatic rings. The third-order valence-electron chi connectivity index (χ3n) is 3.14. The van der Waals surface area contributed by atoms with Crippen molar-refractivity contribution >= 4 is 16.7 Å².